The fraction of sp³-hybridized carbons (Fsp3) is 0.308. The first-order chi connectivity index (χ1) is 14.4. The molecule has 31 heavy (non-hydrogen) atoms. The van der Waals surface area contributed by atoms with Crippen LogP contribution < -0.4 is 14.1 Å². The van der Waals surface area contributed by atoms with E-state index in [2.05, 4.69) is 70.9 Å². The number of nitrogens with one attached hydrogen (secondary N) is 1. The number of hydrogen-bond donors (Lipinski definition) is 1. The van der Waals surface area contributed by atoms with E-state index in [1.54, 1.807) is 0 Å². The molecule has 0 radical (unpaired) electrons. The summed E-state index contributed by atoms with van der Waals surface area (Å²) in [6, 6.07) is 25.9. The van der Waals surface area contributed by atoms with Crippen LogP contribution in [0.25, 0.3) is 0 Å². The first-order valence-electron chi connectivity index (χ1n) is 10.5. The van der Waals surface area contributed by atoms with Gasteiger partial charge in [-0.1, -0.05) is 84.0 Å². The molecular formula is C26H32NO2PS. The van der Waals surface area contributed by atoms with Gasteiger partial charge in [0.15, 0.2) is 0 Å². The Labute approximate surface area is 192 Å². The molecule has 0 fully saturated rings. The molecule has 0 unspecified atom stereocenters. The summed E-state index contributed by atoms with van der Waals surface area (Å²) in [6.45, 7) is 10.2. The summed E-state index contributed by atoms with van der Waals surface area (Å²) in [4.78, 5) is 0. The Morgan fingerprint density at radius 2 is 1.00 bits per heavy atom. The number of anilines is 1. The van der Waals surface area contributed by atoms with E-state index < -0.39 is 6.64 Å². The van der Waals surface area contributed by atoms with Crippen LogP contribution in [0.2, 0.25) is 0 Å². The van der Waals surface area contributed by atoms with Crippen molar-refractivity contribution >= 4 is 24.1 Å². The molecule has 0 aromatic heterocycles. The van der Waals surface area contributed by atoms with E-state index >= 15 is 0 Å². The maximum absolute atomic E-state index is 6.27. The van der Waals surface area contributed by atoms with Gasteiger partial charge in [0.2, 0.25) is 0 Å². The number of hydrogen-bond acceptors (Lipinski definition) is 3. The smallest absolute Gasteiger partial charge is 0.392 e. The van der Waals surface area contributed by atoms with Crippen LogP contribution in [0.5, 0.6) is 11.5 Å². The Kier molecular flexibility index (Phi) is 6.83. The van der Waals surface area contributed by atoms with Gasteiger partial charge < -0.3 is 9.05 Å². The maximum atomic E-state index is 6.27. The molecule has 0 saturated carbocycles. The lowest BCUT2D eigenvalue weighted by Crippen LogP contribution is -2.12. The van der Waals surface area contributed by atoms with Crippen molar-refractivity contribution in [3.05, 3.63) is 90.0 Å². The molecule has 164 valence electrons. The molecular weight excluding hydrogens is 421 g/mol. The van der Waals surface area contributed by atoms with Crippen LogP contribution in [-0.2, 0) is 22.6 Å². The molecule has 0 bridgehead atoms. The zero-order chi connectivity index (χ0) is 22.7. The van der Waals surface area contributed by atoms with E-state index in [1.807, 2.05) is 54.6 Å². The maximum Gasteiger partial charge on any atom is 0.392 e. The van der Waals surface area contributed by atoms with Gasteiger partial charge in [0.1, 0.15) is 11.5 Å². The first-order valence-corrected chi connectivity index (χ1v) is 13.1. The van der Waals surface area contributed by atoms with Gasteiger partial charge >= 0.3 is 6.64 Å². The van der Waals surface area contributed by atoms with Gasteiger partial charge in [-0.2, -0.15) is 0 Å². The van der Waals surface area contributed by atoms with Crippen molar-refractivity contribution in [3.8, 4) is 11.5 Å². The molecule has 0 aliphatic carbocycles. The van der Waals surface area contributed by atoms with Crippen LogP contribution >= 0.6 is 6.64 Å². The quantitative estimate of drug-likeness (QED) is 0.382. The summed E-state index contributed by atoms with van der Waals surface area (Å²) in [5, 5.41) is 3.32. The van der Waals surface area contributed by atoms with Crippen LogP contribution in [0.4, 0.5) is 5.69 Å². The highest BCUT2D eigenvalue weighted by molar-refractivity contribution is 8.10. The lowest BCUT2D eigenvalue weighted by Gasteiger charge is -2.26. The minimum atomic E-state index is -2.91. The van der Waals surface area contributed by atoms with E-state index in [-0.39, 0.29) is 10.8 Å². The second-order valence-electron chi connectivity index (χ2n) is 9.71. The molecule has 5 heteroatoms. The molecule has 3 aromatic carbocycles. The number of benzene rings is 3. The summed E-state index contributed by atoms with van der Waals surface area (Å²) in [6.07, 6.45) is 0. The van der Waals surface area contributed by atoms with E-state index in [0.29, 0.717) is 11.5 Å². The van der Waals surface area contributed by atoms with E-state index in [4.69, 9.17) is 20.9 Å². The summed E-state index contributed by atoms with van der Waals surface area (Å²) in [5.41, 5.74) is 3.49. The molecule has 0 spiro atoms. The van der Waals surface area contributed by atoms with Crippen molar-refractivity contribution in [2.24, 2.45) is 0 Å². The fourth-order valence-corrected chi connectivity index (χ4v) is 5.27. The summed E-state index contributed by atoms with van der Waals surface area (Å²) in [7, 11) is 0. The molecule has 0 saturated heterocycles. The minimum Gasteiger partial charge on any atom is -0.421 e. The highest BCUT2D eigenvalue weighted by atomic mass is 32.5. The largest absolute Gasteiger partial charge is 0.421 e. The summed E-state index contributed by atoms with van der Waals surface area (Å²) in [5.74, 6) is 1.37. The van der Waals surface area contributed by atoms with Crippen molar-refractivity contribution in [2.45, 2.75) is 52.4 Å². The number of rotatable bonds is 6. The standard InChI is InChI=1S/C26H32NO2PS/c1-25(2,3)20-12-16-23(17-13-20)28-30(31,27-22-10-8-7-9-11-22)29-24-18-14-21(15-19-24)26(4,5)6/h7-19H,1-6H3,(H,27,31). The molecule has 0 amide bonds. The van der Waals surface area contributed by atoms with E-state index in [0.717, 1.165) is 5.69 Å². The van der Waals surface area contributed by atoms with E-state index in [1.165, 1.54) is 11.1 Å². The van der Waals surface area contributed by atoms with Gasteiger partial charge in [-0.05, 0) is 58.4 Å². The van der Waals surface area contributed by atoms with Crippen molar-refractivity contribution in [1.29, 1.82) is 0 Å². The summed E-state index contributed by atoms with van der Waals surface area (Å²) < 4.78 is 12.5. The monoisotopic (exact) mass is 453 g/mol. The third-order valence-electron chi connectivity index (χ3n) is 4.93. The van der Waals surface area contributed by atoms with Gasteiger partial charge in [0, 0.05) is 17.5 Å². The van der Waals surface area contributed by atoms with Gasteiger partial charge in [0.05, 0.1) is 0 Å². The molecule has 0 aliphatic rings. The van der Waals surface area contributed by atoms with Crippen LogP contribution in [0.15, 0.2) is 78.9 Å². The molecule has 3 nitrogen and oxygen atoms in total. The molecule has 0 atom stereocenters. The molecule has 3 aromatic rings. The zero-order valence-corrected chi connectivity index (χ0v) is 20.9. The van der Waals surface area contributed by atoms with Crippen molar-refractivity contribution in [2.75, 3.05) is 5.09 Å². The van der Waals surface area contributed by atoms with Crippen LogP contribution in [-0.4, -0.2) is 0 Å². The van der Waals surface area contributed by atoms with Crippen molar-refractivity contribution in [3.63, 3.8) is 0 Å². The number of para-hydroxylation sites is 1. The predicted molar refractivity (Wildman–Crippen MR) is 136 cm³/mol. The Hall–Kier alpha value is -2.29. The second-order valence-corrected chi connectivity index (χ2v) is 12.7. The third kappa shape index (κ3) is 6.59. The van der Waals surface area contributed by atoms with Gasteiger partial charge in [-0.3, -0.25) is 5.09 Å². The van der Waals surface area contributed by atoms with Gasteiger partial charge in [0.25, 0.3) is 0 Å². The van der Waals surface area contributed by atoms with Gasteiger partial charge in [-0.25, -0.2) is 0 Å². The van der Waals surface area contributed by atoms with E-state index in [9.17, 15) is 0 Å². The first kappa shape index (κ1) is 23.4. The highest BCUT2D eigenvalue weighted by Crippen LogP contribution is 2.49. The second kappa shape index (κ2) is 9.06. The zero-order valence-electron chi connectivity index (χ0n) is 19.2. The average Bonchev–Trinajstić information content (AvgIpc) is 2.68. The molecule has 3 rings (SSSR count). The highest BCUT2D eigenvalue weighted by Gasteiger charge is 2.24. The fourth-order valence-electron chi connectivity index (χ4n) is 3.04. The molecule has 0 aliphatic heterocycles. The minimum absolute atomic E-state index is 0.0757. The van der Waals surface area contributed by atoms with Crippen LogP contribution in [0, 0.1) is 0 Å². The average molecular weight is 454 g/mol. The SMILES string of the molecule is CC(C)(C)c1ccc(OP(=S)(Nc2ccccc2)Oc2ccc(C(C)(C)C)cc2)cc1. The molecule has 1 N–H and O–H groups in total. The van der Waals surface area contributed by atoms with Crippen molar-refractivity contribution in [1.82, 2.24) is 0 Å². The van der Waals surface area contributed by atoms with Crippen LogP contribution in [0.1, 0.15) is 52.7 Å². The van der Waals surface area contributed by atoms with Crippen molar-refractivity contribution < 1.29 is 9.05 Å². The lowest BCUT2D eigenvalue weighted by molar-refractivity contribution is 0.491. The summed E-state index contributed by atoms with van der Waals surface area (Å²) >= 11 is 5.92. The third-order valence-corrected chi connectivity index (χ3v) is 7.09. The Balaban J connectivity index is 1.87. The Morgan fingerprint density at radius 3 is 1.35 bits per heavy atom. The Morgan fingerprint density at radius 1 is 0.613 bits per heavy atom. The topological polar surface area (TPSA) is 30.5 Å². The molecule has 0 heterocycles. The van der Waals surface area contributed by atoms with Crippen LogP contribution in [0.3, 0.4) is 0 Å². The lowest BCUT2D eigenvalue weighted by atomic mass is 9.87. The predicted octanol–water partition coefficient (Wildman–Crippen LogP) is 8.08. The normalized spacial score (nSPS) is 12.3. The van der Waals surface area contributed by atoms with Gasteiger partial charge in [-0.15, -0.1) is 0 Å². The Bertz CT molecular complexity index is 971.